The maximum absolute atomic E-state index is 12.7. The number of hydrogen-bond donors (Lipinski definition) is 1. The second-order valence-electron chi connectivity index (χ2n) is 8.24. The van der Waals surface area contributed by atoms with Gasteiger partial charge in [0.15, 0.2) is 5.75 Å². The Kier molecular flexibility index (Phi) is 7.52. The number of ether oxygens (including phenoxy) is 1. The van der Waals surface area contributed by atoms with Gasteiger partial charge in [-0.15, -0.1) is 13.2 Å². The number of benzene rings is 2. The lowest BCUT2D eigenvalue weighted by atomic mass is 10.2. The van der Waals surface area contributed by atoms with E-state index in [2.05, 4.69) is 19.9 Å². The number of halogens is 3. The molecule has 0 unspecified atom stereocenters. The summed E-state index contributed by atoms with van der Waals surface area (Å²) < 4.78 is 42.2. The summed E-state index contributed by atoms with van der Waals surface area (Å²) in [6.45, 7) is 3.57. The lowest BCUT2D eigenvalue weighted by molar-refractivity contribution is -0.274. The van der Waals surface area contributed by atoms with Gasteiger partial charge in [0.1, 0.15) is 5.82 Å². The molecule has 34 heavy (non-hydrogen) atoms. The van der Waals surface area contributed by atoms with Crippen molar-refractivity contribution in [2.75, 3.05) is 42.9 Å². The van der Waals surface area contributed by atoms with Crippen LogP contribution in [0.15, 0.2) is 60.7 Å². The standard InChI is InChI=1S/C25H27F3N4O2/c26-25(27,28)34-22-10-4-3-9-21(22)32-17-15-31(16-18-32)14-6-5-11-24(33)30-23-13-12-19-7-1-2-8-20(19)29-23/h1-4,7-10,12-13H,5-6,11,14-18H2,(H,29,30,33). The highest BCUT2D eigenvalue weighted by Crippen LogP contribution is 2.33. The van der Waals surface area contributed by atoms with Crippen LogP contribution >= 0.6 is 0 Å². The lowest BCUT2D eigenvalue weighted by Crippen LogP contribution is -2.46. The molecule has 2 aromatic carbocycles. The molecule has 1 aromatic heterocycles. The Morgan fingerprint density at radius 2 is 1.68 bits per heavy atom. The highest BCUT2D eigenvalue weighted by atomic mass is 19.4. The molecule has 1 amide bonds. The minimum atomic E-state index is -4.71. The number of amides is 1. The van der Waals surface area contributed by atoms with E-state index in [0.717, 1.165) is 43.4 Å². The second kappa shape index (κ2) is 10.7. The molecule has 0 aliphatic carbocycles. The average molecular weight is 473 g/mol. The number of unbranched alkanes of at least 4 members (excludes halogenated alkanes) is 1. The van der Waals surface area contributed by atoms with E-state index in [1.807, 2.05) is 35.2 Å². The van der Waals surface area contributed by atoms with Gasteiger partial charge in [0.25, 0.3) is 0 Å². The van der Waals surface area contributed by atoms with Crippen LogP contribution < -0.4 is 15.0 Å². The van der Waals surface area contributed by atoms with Gasteiger partial charge in [0.05, 0.1) is 11.2 Å². The first-order valence-electron chi connectivity index (χ1n) is 11.4. The Hall–Kier alpha value is -3.33. The molecule has 3 aromatic rings. The zero-order chi connectivity index (χ0) is 24.0. The fourth-order valence-corrected chi connectivity index (χ4v) is 4.10. The minimum absolute atomic E-state index is 0.0612. The van der Waals surface area contributed by atoms with Gasteiger partial charge >= 0.3 is 6.36 Å². The maximum atomic E-state index is 12.7. The third-order valence-electron chi connectivity index (χ3n) is 5.80. The van der Waals surface area contributed by atoms with Gasteiger partial charge in [0, 0.05) is 38.0 Å². The van der Waals surface area contributed by atoms with Gasteiger partial charge in [0.2, 0.25) is 5.91 Å². The molecular weight excluding hydrogens is 445 g/mol. The Labute approximate surface area is 196 Å². The number of nitrogens with one attached hydrogen (secondary N) is 1. The predicted molar refractivity (Wildman–Crippen MR) is 126 cm³/mol. The van der Waals surface area contributed by atoms with Crippen LogP contribution in [0.4, 0.5) is 24.7 Å². The minimum Gasteiger partial charge on any atom is -0.404 e. The van der Waals surface area contributed by atoms with Crippen molar-refractivity contribution in [3.8, 4) is 5.75 Å². The Morgan fingerprint density at radius 3 is 2.47 bits per heavy atom. The number of hydrogen-bond acceptors (Lipinski definition) is 5. The van der Waals surface area contributed by atoms with Crippen molar-refractivity contribution in [2.45, 2.75) is 25.6 Å². The number of fused-ring (bicyclic) bond motifs is 1. The Balaban J connectivity index is 1.17. The molecule has 4 rings (SSSR count). The number of carbonyl (C=O) groups excluding carboxylic acids is 1. The summed E-state index contributed by atoms with van der Waals surface area (Å²) >= 11 is 0. The molecule has 1 aliphatic heterocycles. The number of anilines is 2. The number of piperazine rings is 1. The van der Waals surface area contributed by atoms with Crippen LogP contribution in [0.5, 0.6) is 5.75 Å². The van der Waals surface area contributed by atoms with Gasteiger partial charge in [-0.3, -0.25) is 9.69 Å². The van der Waals surface area contributed by atoms with E-state index in [1.165, 1.54) is 12.1 Å². The first-order chi connectivity index (χ1) is 16.4. The first kappa shape index (κ1) is 23.8. The molecule has 0 atom stereocenters. The summed E-state index contributed by atoms with van der Waals surface area (Å²) in [5.41, 5.74) is 1.30. The van der Waals surface area contributed by atoms with Crippen molar-refractivity contribution >= 4 is 28.3 Å². The fourth-order valence-electron chi connectivity index (χ4n) is 4.10. The number of nitrogens with zero attached hydrogens (tertiary/aromatic N) is 3. The zero-order valence-corrected chi connectivity index (χ0v) is 18.7. The third kappa shape index (κ3) is 6.60. The molecule has 0 saturated carbocycles. The van der Waals surface area contributed by atoms with E-state index >= 15 is 0 Å². The molecular formula is C25H27F3N4O2. The normalized spacial score (nSPS) is 14.9. The second-order valence-corrected chi connectivity index (χ2v) is 8.24. The predicted octanol–water partition coefficient (Wildman–Crippen LogP) is 5.06. The summed E-state index contributed by atoms with van der Waals surface area (Å²) in [5, 5.41) is 3.88. The van der Waals surface area contributed by atoms with Crippen molar-refractivity contribution in [3.05, 3.63) is 60.7 Å². The number of para-hydroxylation sites is 3. The van der Waals surface area contributed by atoms with E-state index in [0.29, 0.717) is 31.0 Å². The van der Waals surface area contributed by atoms with Crippen molar-refractivity contribution in [2.24, 2.45) is 0 Å². The first-order valence-corrected chi connectivity index (χ1v) is 11.4. The molecule has 9 heteroatoms. The summed E-state index contributed by atoms with van der Waals surface area (Å²) in [5.74, 6) is 0.318. The van der Waals surface area contributed by atoms with Crippen LogP contribution in [0.2, 0.25) is 0 Å². The van der Waals surface area contributed by atoms with Gasteiger partial charge in [-0.1, -0.05) is 30.3 Å². The number of pyridine rings is 1. The number of rotatable bonds is 8. The van der Waals surface area contributed by atoms with Crippen LogP contribution in [0.3, 0.4) is 0 Å². The Morgan fingerprint density at radius 1 is 0.941 bits per heavy atom. The summed E-state index contributed by atoms with van der Waals surface area (Å²) in [6, 6.07) is 17.7. The quantitative estimate of drug-likeness (QED) is 0.464. The molecule has 180 valence electrons. The molecule has 0 spiro atoms. The molecule has 2 heterocycles. The molecule has 0 radical (unpaired) electrons. The Bertz CT molecular complexity index is 1110. The van der Waals surface area contributed by atoms with Gasteiger partial charge in [-0.05, 0) is 49.7 Å². The summed E-state index contributed by atoms with van der Waals surface area (Å²) in [4.78, 5) is 20.9. The molecule has 1 fully saturated rings. The van der Waals surface area contributed by atoms with Crippen molar-refractivity contribution < 1.29 is 22.7 Å². The molecule has 1 N–H and O–H groups in total. The topological polar surface area (TPSA) is 57.7 Å². The number of alkyl halides is 3. The lowest BCUT2D eigenvalue weighted by Gasteiger charge is -2.36. The van der Waals surface area contributed by atoms with Crippen molar-refractivity contribution in [1.82, 2.24) is 9.88 Å². The van der Waals surface area contributed by atoms with Gasteiger partial charge in [-0.25, -0.2) is 4.98 Å². The average Bonchev–Trinajstić information content (AvgIpc) is 2.82. The zero-order valence-electron chi connectivity index (χ0n) is 18.7. The highest BCUT2D eigenvalue weighted by molar-refractivity contribution is 5.91. The SMILES string of the molecule is O=C(CCCCN1CCN(c2ccccc2OC(F)(F)F)CC1)Nc1ccc2ccccc2n1. The largest absolute Gasteiger partial charge is 0.573 e. The van der Waals surface area contributed by atoms with Crippen LogP contribution in [0, 0.1) is 0 Å². The highest BCUT2D eigenvalue weighted by Gasteiger charge is 2.33. The van der Waals surface area contributed by atoms with E-state index in [9.17, 15) is 18.0 Å². The van der Waals surface area contributed by atoms with E-state index in [1.54, 1.807) is 18.2 Å². The van der Waals surface area contributed by atoms with Crippen LogP contribution in [-0.2, 0) is 4.79 Å². The monoisotopic (exact) mass is 472 g/mol. The van der Waals surface area contributed by atoms with Crippen LogP contribution in [-0.4, -0.2) is 54.9 Å². The fraction of sp³-hybridized carbons (Fsp3) is 0.360. The molecule has 1 saturated heterocycles. The maximum Gasteiger partial charge on any atom is 0.573 e. The van der Waals surface area contributed by atoms with E-state index in [-0.39, 0.29) is 11.7 Å². The third-order valence-corrected chi connectivity index (χ3v) is 5.80. The van der Waals surface area contributed by atoms with Crippen LogP contribution in [0.25, 0.3) is 10.9 Å². The van der Waals surface area contributed by atoms with E-state index < -0.39 is 6.36 Å². The van der Waals surface area contributed by atoms with Gasteiger partial charge < -0.3 is 15.0 Å². The smallest absolute Gasteiger partial charge is 0.404 e. The van der Waals surface area contributed by atoms with Crippen LogP contribution in [0.1, 0.15) is 19.3 Å². The van der Waals surface area contributed by atoms with Crippen molar-refractivity contribution in [1.29, 1.82) is 0 Å². The molecule has 1 aliphatic rings. The van der Waals surface area contributed by atoms with Gasteiger partial charge in [-0.2, -0.15) is 0 Å². The van der Waals surface area contributed by atoms with E-state index in [4.69, 9.17) is 0 Å². The summed E-state index contributed by atoms with van der Waals surface area (Å²) in [7, 11) is 0. The number of aromatic nitrogens is 1. The molecule has 6 nitrogen and oxygen atoms in total. The number of carbonyl (C=O) groups is 1. The molecule has 0 bridgehead atoms. The summed E-state index contributed by atoms with van der Waals surface area (Å²) in [6.07, 6.45) is -2.68. The van der Waals surface area contributed by atoms with Crippen molar-refractivity contribution in [3.63, 3.8) is 0 Å².